The fourth-order valence-electron chi connectivity index (χ4n) is 3.34. The van der Waals surface area contributed by atoms with E-state index in [9.17, 15) is 18.4 Å². The van der Waals surface area contributed by atoms with Crippen LogP contribution in [0.4, 0.5) is 8.78 Å². The van der Waals surface area contributed by atoms with Crippen molar-refractivity contribution in [1.82, 2.24) is 29.4 Å². The molecule has 1 fully saturated rings. The molecule has 1 aromatic carbocycles. The molecule has 28 heavy (non-hydrogen) atoms. The first-order valence-electron chi connectivity index (χ1n) is 9.08. The van der Waals surface area contributed by atoms with Gasteiger partial charge in [0.1, 0.15) is 24.4 Å². The van der Waals surface area contributed by atoms with E-state index in [-0.39, 0.29) is 29.3 Å². The van der Waals surface area contributed by atoms with Crippen molar-refractivity contribution < 1.29 is 13.6 Å². The molecular weight excluding hydrogens is 370 g/mol. The number of carbonyl (C=O) groups is 1. The number of rotatable bonds is 3. The van der Waals surface area contributed by atoms with Crippen LogP contribution in [0.2, 0.25) is 0 Å². The molecule has 1 aliphatic heterocycles. The number of carbonyl (C=O) groups excluding carboxylic acids is 1. The average molecular weight is 388 g/mol. The zero-order valence-corrected chi connectivity index (χ0v) is 15.0. The van der Waals surface area contributed by atoms with Crippen molar-refractivity contribution in [3.63, 3.8) is 0 Å². The van der Waals surface area contributed by atoms with Gasteiger partial charge in [0.25, 0.3) is 5.56 Å². The quantitative estimate of drug-likeness (QED) is 0.681. The first kappa shape index (κ1) is 18.2. The predicted octanol–water partition coefficient (Wildman–Crippen LogP) is 1.66. The third-order valence-electron chi connectivity index (χ3n) is 4.83. The Morgan fingerprint density at radius 3 is 2.57 bits per heavy atom. The minimum atomic E-state index is -0.853. The maximum atomic E-state index is 14.0. The zero-order valence-electron chi connectivity index (χ0n) is 15.0. The lowest BCUT2D eigenvalue weighted by molar-refractivity contribution is -0.131. The highest BCUT2D eigenvalue weighted by Crippen LogP contribution is 2.17. The topological polar surface area (TPSA) is 85.9 Å². The Morgan fingerprint density at radius 1 is 1.11 bits per heavy atom. The summed E-state index contributed by atoms with van der Waals surface area (Å²) in [5.74, 6) is -1.73. The lowest BCUT2D eigenvalue weighted by Gasteiger charge is -2.20. The third-order valence-corrected chi connectivity index (χ3v) is 4.83. The number of halogens is 2. The van der Waals surface area contributed by atoms with Crippen LogP contribution in [0.25, 0.3) is 16.9 Å². The molecule has 1 amide bonds. The number of amides is 1. The highest BCUT2D eigenvalue weighted by Gasteiger charge is 2.20. The molecule has 0 bridgehead atoms. The van der Waals surface area contributed by atoms with Gasteiger partial charge in [-0.25, -0.2) is 13.8 Å². The zero-order chi connectivity index (χ0) is 19.7. The SMILES string of the molecule is O=C(Cn1cnc2c(nnn2-c2ccc(F)cc2F)c1=O)N1CCCCCC1. The molecule has 0 unspecified atom stereocenters. The van der Waals surface area contributed by atoms with Gasteiger partial charge >= 0.3 is 0 Å². The Kier molecular flexibility index (Phi) is 4.84. The van der Waals surface area contributed by atoms with Crippen molar-refractivity contribution in [1.29, 1.82) is 0 Å². The van der Waals surface area contributed by atoms with E-state index in [2.05, 4.69) is 15.3 Å². The van der Waals surface area contributed by atoms with Gasteiger partial charge in [-0.3, -0.25) is 14.2 Å². The second-order valence-corrected chi connectivity index (χ2v) is 6.74. The highest BCUT2D eigenvalue weighted by atomic mass is 19.1. The first-order chi connectivity index (χ1) is 13.5. The van der Waals surface area contributed by atoms with Crippen LogP contribution in [-0.4, -0.2) is 48.4 Å². The molecule has 3 heterocycles. The molecule has 1 saturated heterocycles. The maximum absolute atomic E-state index is 14.0. The van der Waals surface area contributed by atoms with E-state index < -0.39 is 17.2 Å². The number of likely N-dealkylation sites (tertiary alicyclic amines) is 1. The summed E-state index contributed by atoms with van der Waals surface area (Å²) in [6, 6.07) is 2.98. The van der Waals surface area contributed by atoms with Crippen molar-refractivity contribution in [2.75, 3.05) is 13.1 Å². The molecule has 0 aliphatic carbocycles. The van der Waals surface area contributed by atoms with E-state index >= 15 is 0 Å². The Morgan fingerprint density at radius 2 is 1.86 bits per heavy atom. The van der Waals surface area contributed by atoms with Gasteiger partial charge in [0.2, 0.25) is 5.91 Å². The Balaban J connectivity index is 1.65. The molecular formula is C18H18F2N6O2. The molecule has 0 atom stereocenters. The lowest BCUT2D eigenvalue weighted by atomic mass is 10.2. The van der Waals surface area contributed by atoms with Gasteiger partial charge in [0.15, 0.2) is 17.0 Å². The second-order valence-electron chi connectivity index (χ2n) is 6.74. The number of fused-ring (bicyclic) bond motifs is 1. The monoisotopic (exact) mass is 388 g/mol. The van der Waals surface area contributed by atoms with Crippen LogP contribution >= 0.6 is 0 Å². The van der Waals surface area contributed by atoms with Crippen molar-refractivity contribution in [2.45, 2.75) is 32.2 Å². The first-order valence-corrected chi connectivity index (χ1v) is 9.08. The van der Waals surface area contributed by atoms with E-state index in [1.54, 1.807) is 4.90 Å². The summed E-state index contributed by atoms with van der Waals surface area (Å²) in [4.78, 5) is 31.1. The molecule has 3 aromatic rings. The molecule has 0 radical (unpaired) electrons. The minimum Gasteiger partial charge on any atom is -0.341 e. The largest absolute Gasteiger partial charge is 0.341 e. The second kappa shape index (κ2) is 7.45. The van der Waals surface area contributed by atoms with E-state index in [0.29, 0.717) is 19.2 Å². The number of aromatic nitrogens is 5. The van der Waals surface area contributed by atoms with Crippen molar-refractivity contribution in [3.05, 3.63) is 46.5 Å². The van der Waals surface area contributed by atoms with Crippen LogP contribution in [0, 0.1) is 11.6 Å². The Labute approximate surface area is 158 Å². The summed E-state index contributed by atoms with van der Waals surface area (Å²) in [5, 5.41) is 7.56. The number of hydrogen-bond donors (Lipinski definition) is 0. The van der Waals surface area contributed by atoms with Crippen LogP contribution in [0.15, 0.2) is 29.3 Å². The normalized spacial score (nSPS) is 15.0. The van der Waals surface area contributed by atoms with Gasteiger partial charge < -0.3 is 4.90 Å². The van der Waals surface area contributed by atoms with Crippen molar-refractivity contribution >= 4 is 17.1 Å². The molecule has 1 aliphatic rings. The van der Waals surface area contributed by atoms with Gasteiger partial charge in [-0.15, -0.1) is 5.10 Å². The number of hydrogen-bond acceptors (Lipinski definition) is 5. The molecule has 8 nitrogen and oxygen atoms in total. The van der Waals surface area contributed by atoms with Gasteiger partial charge in [0.05, 0.1) is 0 Å². The molecule has 0 spiro atoms. The summed E-state index contributed by atoms with van der Waals surface area (Å²) in [7, 11) is 0. The van der Waals surface area contributed by atoms with E-state index in [1.807, 2.05) is 0 Å². The molecule has 0 N–H and O–H groups in total. The maximum Gasteiger partial charge on any atom is 0.284 e. The average Bonchev–Trinajstić information content (AvgIpc) is 2.91. The van der Waals surface area contributed by atoms with E-state index in [1.165, 1.54) is 17.0 Å². The van der Waals surface area contributed by atoms with Crippen LogP contribution in [0.1, 0.15) is 25.7 Å². The lowest BCUT2D eigenvalue weighted by Crippen LogP contribution is -2.37. The summed E-state index contributed by atoms with van der Waals surface area (Å²) in [6.45, 7) is 1.23. The molecule has 146 valence electrons. The molecule has 0 saturated carbocycles. The highest BCUT2D eigenvalue weighted by molar-refractivity contribution is 5.76. The van der Waals surface area contributed by atoms with Crippen molar-refractivity contribution in [2.24, 2.45) is 0 Å². The van der Waals surface area contributed by atoms with Crippen LogP contribution in [-0.2, 0) is 11.3 Å². The predicted molar refractivity (Wildman–Crippen MR) is 95.9 cm³/mol. The fraction of sp³-hybridized carbons (Fsp3) is 0.389. The molecule has 4 rings (SSSR count). The molecule has 10 heteroatoms. The number of benzene rings is 1. The standard InChI is InChI=1S/C18H18F2N6O2/c19-12-5-6-14(13(20)9-12)26-17-16(22-23-26)18(28)25(11-21-17)10-15(27)24-7-3-1-2-4-8-24/h5-6,9,11H,1-4,7-8,10H2. The Bertz CT molecular complexity index is 1090. The van der Waals surface area contributed by atoms with E-state index in [4.69, 9.17) is 0 Å². The number of nitrogens with zero attached hydrogens (tertiary/aromatic N) is 6. The summed E-state index contributed by atoms with van der Waals surface area (Å²) in [6.07, 6.45) is 5.33. The summed E-state index contributed by atoms with van der Waals surface area (Å²) >= 11 is 0. The Hall–Kier alpha value is -3.17. The van der Waals surface area contributed by atoms with Gasteiger partial charge in [0, 0.05) is 19.2 Å². The summed E-state index contributed by atoms with van der Waals surface area (Å²) < 4.78 is 29.4. The fourth-order valence-corrected chi connectivity index (χ4v) is 3.34. The van der Waals surface area contributed by atoms with Gasteiger partial charge in [-0.2, -0.15) is 4.68 Å². The van der Waals surface area contributed by atoms with Gasteiger partial charge in [-0.05, 0) is 25.0 Å². The summed E-state index contributed by atoms with van der Waals surface area (Å²) in [5.41, 5.74) is -0.667. The van der Waals surface area contributed by atoms with Crippen LogP contribution in [0.3, 0.4) is 0 Å². The van der Waals surface area contributed by atoms with Crippen molar-refractivity contribution in [3.8, 4) is 5.69 Å². The third kappa shape index (κ3) is 3.37. The minimum absolute atomic E-state index is 0.0361. The van der Waals surface area contributed by atoms with Gasteiger partial charge in [-0.1, -0.05) is 18.1 Å². The van der Waals surface area contributed by atoms with Crippen LogP contribution in [0.5, 0.6) is 0 Å². The van der Waals surface area contributed by atoms with Crippen LogP contribution < -0.4 is 5.56 Å². The van der Waals surface area contributed by atoms with E-state index in [0.717, 1.165) is 36.4 Å². The molecule has 2 aromatic heterocycles. The smallest absolute Gasteiger partial charge is 0.284 e.